The number of thiazole rings is 1. The van der Waals surface area contributed by atoms with Crippen molar-refractivity contribution in [2.24, 2.45) is 0 Å². The van der Waals surface area contributed by atoms with Gasteiger partial charge in [0.2, 0.25) is 0 Å². The van der Waals surface area contributed by atoms with E-state index in [-0.39, 0.29) is 12.1 Å². The summed E-state index contributed by atoms with van der Waals surface area (Å²) in [7, 11) is 1.72. The lowest BCUT2D eigenvalue weighted by atomic mass is 10.1. The zero-order valence-corrected chi connectivity index (χ0v) is 11.2. The average Bonchev–Trinajstić information content (AvgIpc) is 2.96. The topological polar surface area (TPSA) is 43.4 Å². The number of ether oxygens (including phenoxy) is 2. The lowest BCUT2D eigenvalue weighted by Crippen LogP contribution is -2.34. The van der Waals surface area contributed by atoms with Crippen molar-refractivity contribution in [3.05, 3.63) is 16.6 Å². The number of nitrogens with one attached hydrogen (secondary N) is 1. The molecule has 1 N–H and O–H groups in total. The molecule has 5 heteroatoms. The molecule has 1 aromatic rings. The third-order valence-electron chi connectivity index (χ3n) is 3.02. The number of rotatable bonds is 6. The van der Waals surface area contributed by atoms with Gasteiger partial charge in [-0.15, -0.1) is 11.3 Å². The van der Waals surface area contributed by atoms with Crippen molar-refractivity contribution in [1.82, 2.24) is 10.3 Å². The number of hydrogen-bond donors (Lipinski definition) is 1. The van der Waals surface area contributed by atoms with Crippen LogP contribution in [-0.4, -0.2) is 37.5 Å². The maximum Gasteiger partial charge on any atom is 0.112 e. The fraction of sp³-hybridized carbons (Fsp3) is 0.750. The predicted molar refractivity (Wildman–Crippen MR) is 68.3 cm³/mol. The van der Waals surface area contributed by atoms with E-state index < -0.39 is 0 Å². The summed E-state index contributed by atoms with van der Waals surface area (Å²) in [5.74, 6) is 0. The first-order chi connectivity index (χ1) is 8.31. The molecule has 2 heterocycles. The van der Waals surface area contributed by atoms with Crippen LogP contribution in [-0.2, 0) is 9.47 Å². The summed E-state index contributed by atoms with van der Waals surface area (Å²) < 4.78 is 11.0. The van der Waals surface area contributed by atoms with Crippen LogP contribution < -0.4 is 5.32 Å². The molecular formula is C12H20N2O2S. The third kappa shape index (κ3) is 3.48. The summed E-state index contributed by atoms with van der Waals surface area (Å²) >= 11 is 1.68. The standard InChI is InChI=1S/C12H20N2O2S/c1-9-3-4-10(16-9)11(13-5-7-15-2)12-14-6-8-17-12/h6,8-11,13H,3-5,7H2,1-2H3. The highest BCUT2D eigenvalue weighted by Crippen LogP contribution is 2.30. The van der Waals surface area contributed by atoms with Crippen molar-refractivity contribution in [2.45, 2.75) is 38.0 Å². The zero-order valence-electron chi connectivity index (χ0n) is 10.4. The normalized spacial score (nSPS) is 26.2. The van der Waals surface area contributed by atoms with Crippen molar-refractivity contribution < 1.29 is 9.47 Å². The van der Waals surface area contributed by atoms with Gasteiger partial charge in [-0.1, -0.05) is 0 Å². The molecule has 1 aromatic heterocycles. The molecule has 0 amide bonds. The highest BCUT2D eigenvalue weighted by Gasteiger charge is 2.31. The molecule has 1 aliphatic heterocycles. The van der Waals surface area contributed by atoms with E-state index >= 15 is 0 Å². The van der Waals surface area contributed by atoms with E-state index in [0.717, 1.165) is 24.4 Å². The van der Waals surface area contributed by atoms with Gasteiger partial charge in [0, 0.05) is 25.2 Å². The van der Waals surface area contributed by atoms with Crippen LogP contribution in [0.2, 0.25) is 0 Å². The van der Waals surface area contributed by atoms with Gasteiger partial charge in [-0.3, -0.25) is 0 Å². The van der Waals surface area contributed by atoms with Gasteiger partial charge in [-0.05, 0) is 19.8 Å². The number of methoxy groups -OCH3 is 1. The SMILES string of the molecule is COCCNC(c1nccs1)C1CCC(C)O1. The second-order valence-corrected chi connectivity index (χ2v) is 5.28. The van der Waals surface area contributed by atoms with E-state index in [2.05, 4.69) is 17.2 Å². The average molecular weight is 256 g/mol. The van der Waals surface area contributed by atoms with Gasteiger partial charge in [0.25, 0.3) is 0 Å². The Labute approximate surface area is 106 Å². The molecule has 0 radical (unpaired) electrons. The Morgan fingerprint density at radius 2 is 2.53 bits per heavy atom. The van der Waals surface area contributed by atoms with Crippen molar-refractivity contribution in [2.75, 3.05) is 20.3 Å². The summed E-state index contributed by atoms with van der Waals surface area (Å²) in [5.41, 5.74) is 0. The largest absolute Gasteiger partial charge is 0.383 e. The van der Waals surface area contributed by atoms with Crippen LogP contribution in [0.3, 0.4) is 0 Å². The van der Waals surface area contributed by atoms with E-state index in [0.29, 0.717) is 12.7 Å². The van der Waals surface area contributed by atoms with E-state index in [1.165, 1.54) is 0 Å². The molecule has 0 spiro atoms. The highest BCUT2D eigenvalue weighted by atomic mass is 32.1. The van der Waals surface area contributed by atoms with E-state index in [9.17, 15) is 0 Å². The van der Waals surface area contributed by atoms with Gasteiger partial charge in [0.05, 0.1) is 24.9 Å². The van der Waals surface area contributed by atoms with Gasteiger partial charge in [0.1, 0.15) is 5.01 Å². The molecule has 3 unspecified atom stereocenters. The molecule has 4 nitrogen and oxygen atoms in total. The van der Waals surface area contributed by atoms with E-state index in [1.54, 1.807) is 18.4 Å². The van der Waals surface area contributed by atoms with Crippen LogP contribution >= 0.6 is 11.3 Å². The van der Waals surface area contributed by atoms with Crippen LogP contribution in [0.5, 0.6) is 0 Å². The summed E-state index contributed by atoms with van der Waals surface area (Å²) in [6.45, 7) is 3.67. The summed E-state index contributed by atoms with van der Waals surface area (Å²) in [5, 5.41) is 6.61. The Bertz CT molecular complexity index is 318. The van der Waals surface area contributed by atoms with E-state index in [4.69, 9.17) is 9.47 Å². The fourth-order valence-electron chi connectivity index (χ4n) is 2.16. The van der Waals surface area contributed by atoms with E-state index in [1.807, 2.05) is 11.6 Å². The molecule has 0 saturated carbocycles. The van der Waals surface area contributed by atoms with Crippen LogP contribution in [0.4, 0.5) is 0 Å². The molecule has 1 aliphatic rings. The lowest BCUT2D eigenvalue weighted by Gasteiger charge is -2.23. The van der Waals surface area contributed by atoms with Crippen LogP contribution in [0.15, 0.2) is 11.6 Å². The maximum absolute atomic E-state index is 5.94. The first-order valence-electron chi connectivity index (χ1n) is 6.08. The first kappa shape index (κ1) is 13.0. The molecule has 0 aromatic carbocycles. The molecule has 17 heavy (non-hydrogen) atoms. The molecular weight excluding hydrogens is 236 g/mol. The van der Waals surface area contributed by atoms with Crippen molar-refractivity contribution in [3.63, 3.8) is 0 Å². The minimum atomic E-state index is 0.204. The van der Waals surface area contributed by atoms with Gasteiger partial charge in [-0.2, -0.15) is 0 Å². The Morgan fingerprint density at radius 3 is 3.12 bits per heavy atom. The number of aromatic nitrogens is 1. The smallest absolute Gasteiger partial charge is 0.112 e. The van der Waals surface area contributed by atoms with Gasteiger partial charge in [-0.25, -0.2) is 4.98 Å². The molecule has 0 bridgehead atoms. The quantitative estimate of drug-likeness (QED) is 0.791. The molecule has 0 aliphatic carbocycles. The predicted octanol–water partition coefficient (Wildman–Crippen LogP) is 1.99. The molecule has 2 rings (SSSR count). The molecule has 1 fully saturated rings. The van der Waals surface area contributed by atoms with Crippen LogP contribution in [0.25, 0.3) is 0 Å². The summed E-state index contributed by atoms with van der Waals surface area (Å²) in [6, 6.07) is 0.204. The highest BCUT2D eigenvalue weighted by molar-refractivity contribution is 7.09. The van der Waals surface area contributed by atoms with Crippen molar-refractivity contribution in [3.8, 4) is 0 Å². The Kier molecular flexibility index (Phi) is 4.91. The molecule has 1 saturated heterocycles. The van der Waals surface area contributed by atoms with Crippen LogP contribution in [0.1, 0.15) is 30.8 Å². The summed E-state index contributed by atoms with van der Waals surface area (Å²) in [4.78, 5) is 4.40. The molecule has 96 valence electrons. The minimum absolute atomic E-state index is 0.204. The lowest BCUT2D eigenvalue weighted by molar-refractivity contribution is 0.0299. The van der Waals surface area contributed by atoms with Gasteiger partial charge >= 0.3 is 0 Å². The fourth-order valence-corrected chi connectivity index (χ4v) is 2.93. The van der Waals surface area contributed by atoms with Gasteiger partial charge in [0.15, 0.2) is 0 Å². The van der Waals surface area contributed by atoms with Gasteiger partial charge < -0.3 is 14.8 Å². The Morgan fingerprint density at radius 1 is 1.65 bits per heavy atom. The second-order valence-electron chi connectivity index (χ2n) is 4.36. The van der Waals surface area contributed by atoms with Crippen LogP contribution in [0, 0.1) is 0 Å². The van der Waals surface area contributed by atoms with Crippen molar-refractivity contribution >= 4 is 11.3 Å². The minimum Gasteiger partial charge on any atom is -0.383 e. The zero-order chi connectivity index (χ0) is 12.1. The van der Waals surface area contributed by atoms with Crippen molar-refractivity contribution in [1.29, 1.82) is 0 Å². The maximum atomic E-state index is 5.94. The summed E-state index contributed by atoms with van der Waals surface area (Å²) in [6.07, 6.45) is 4.70. The monoisotopic (exact) mass is 256 g/mol. The second kappa shape index (κ2) is 6.44. The molecule has 3 atom stereocenters. The Balaban J connectivity index is 1.97. The number of hydrogen-bond acceptors (Lipinski definition) is 5. The first-order valence-corrected chi connectivity index (χ1v) is 6.96. The number of nitrogens with zero attached hydrogens (tertiary/aromatic N) is 1. The Hall–Kier alpha value is -0.490. The third-order valence-corrected chi connectivity index (χ3v) is 3.88.